The highest BCUT2D eigenvalue weighted by atomic mass is 16.4. The van der Waals surface area contributed by atoms with E-state index in [4.69, 9.17) is 22.3 Å². The summed E-state index contributed by atoms with van der Waals surface area (Å²) in [4.78, 5) is 58.6. The van der Waals surface area contributed by atoms with E-state index in [0.717, 1.165) is 0 Å². The van der Waals surface area contributed by atoms with E-state index >= 15 is 0 Å². The largest absolute Gasteiger partial charge is 0.480 e. The molecule has 4 unspecified atom stereocenters. The van der Waals surface area contributed by atoms with Gasteiger partial charge in [0, 0.05) is 6.42 Å². The van der Waals surface area contributed by atoms with E-state index in [1.54, 1.807) is 0 Å². The molecule has 0 saturated carbocycles. The molecule has 0 aliphatic heterocycles. The van der Waals surface area contributed by atoms with Gasteiger partial charge in [-0.15, -0.1) is 0 Å². The molecule has 0 spiro atoms. The zero-order chi connectivity index (χ0) is 24.0. The summed E-state index contributed by atoms with van der Waals surface area (Å²) in [5.41, 5.74) is 16.0. The Morgan fingerprint density at radius 1 is 0.774 bits per heavy atom. The third kappa shape index (κ3) is 11.2. The second-order valence-corrected chi connectivity index (χ2v) is 6.78. The Labute approximate surface area is 178 Å². The number of carbonyl (C=O) groups is 5. The summed E-state index contributed by atoms with van der Waals surface area (Å²) in [5.74, 6) is -4.96. The number of aliphatic hydroxyl groups is 2. The zero-order valence-corrected chi connectivity index (χ0v) is 17.1. The second kappa shape index (κ2) is 15.1. The molecule has 0 fully saturated rings. The van der Waals surface area contributed by atoms with E-state index in [9.17, 15) is 34.2 Å². The molecule has 0 rings (SSSR count). The lowest BCUT2D eigenvalue weighted by molar-refractivity contribution is -0.143. The topological polar surface area (TPSA) is 260 Å². The predicted octanol–water partition coefficient (Wildman–Crippen LogP) is -4.77. The number of carboxylic acid groups (broad SMARTS) is 1. The lowest BCUT2D eigenvalue weighted by Gasteiger charge is -2.23. The van der Waals surface area contributed by atoms with Gasteiger partial charge in [-0.1, -0.05) is 6.42 Å². The molecule has 0 radical (unpaired) electrons. The molecule has 0 aromatic heterocycles. The summed E-state index contributed by atoms with van der Waals surface area (Å²) in [6.45, 7) is -1.28. The van der Waals surface area contributed by atoms with Gasteiger partial charge in [0.05, 0.1) is 19.3 Å². The number of rotatable bonds is 16. The highest BCUT2D eigenvalue weighted by Gasteiger charge is 2.29. The fourth-order valence-electron chi connectivity index (χ4n) is 2.40. The van der Waals surface area contributed by atoms with Crippen LogP contribution in [0.1, 0.15) is 32.1 Å². The minimum Gasteiger partial charge on any atom is -0.480 e. The smallest absolute Gasteiger partial charge is 0.326 e. The van der Waals surface area contributed by atoms with Crippen LogP contribution in [0.25, 0.3) is 0 Å². The number of amides is 4. The van der Waals surface area contributed by atoms with Crippen LogP contribution in [0.3, 0.4) is 0 Å². The van der Waals surface area contributed by atoms with Crippen LogP contribution in [0.2, 0.25) is 0 Å². The molecule has 14 heteroatoms. The number of nitrogens with two attached hydrogens (primary N) is 3. The summed E-state index contributed by atoms with van der Waals surface area (Å²) in [7, 11) is 0. The van der Waals surface area contributed by atoms with Crippen molar-refractivity contribution in [1.29, 1.82) is 0 Å². The number of aliphatic hydroxyl groups excluding tert-OH is 2. The Balaban J connectivity index is 4.91. The third-order valence-corrected chi connectivity index (χ3v) is 4.23. The first-order valence-corrected chi connectivity index (χ1v) is 9.66. The van der Waals surface area contributed by atoms with Crippen LogP contribution in [-0.2, 0) is 24.0 Å². The number of unbranched alkanes of at least 4 members (excludes halogenated alkanes) is 1. The van der Waals surface area contributed by atoms with E-state index in [0.29, 0.717) is 25.8 Å². The number of nitrogens with one attached hydrogen (secondary N) is 3. The van der Waals surface area contributed by atoms with Gasteiger partial charge in [-0.2, -0.15) is 0 Å². The number of aliphatic carboxylic acids is 1. The summed E-state index contributed by atoms with van der Waals surface area (Å²) >= 11 is 0. The maximum absolute atomic E-state index is 12.3. The van der Waals surface area contributed by atoms with Crippen molar-refractivity contribution in [2.75, 3.05) is 19.8 Å². The van der Waals surface area contributed by atoms with E-state index in [2.05, 4.69) is 16.0 Å². The first-order valence-electron chi connectivity index (χ1n) is 9.66. The van der Waals surface area contributed by atoms with Gasteiger partial charge in [0.15, 0.2) is 0 Å². The van der Waals surface area contributed by atoms with Crippen LogP contribution in [0.4, 0.5) is 0 Å². The highest BCUT2D eigenvalue weighted by Crippen LogP contribution is 2.01. The molecule has 0 heterocycles. The van der Waals surface area contributed by atoms with E-state index < -0.39 is 67.0 Å². The maximum Gasteiger partial charge on any atom is 0.326 e. The average molecular weight is 448 g/mol. The van der Waals surface area contributed by atoms with Crippen molar-refractivity contribution in [2.24, 2.45) is 17.2 Å². The van der Waals surface area contributed by atoms with Crippen LogP contribution < -0.4 is 33.2 Å². The standard InChI is InChI=1S/C17H32N6O8/c18-6-2-1-3-9(19)14(27)22-11(7-24)16(29)23-12(8-25)15(28)21-10(17(30)31)4-5-13(20)26/h9-12,24-25H,1-8,18-19H2,(H2,20,26)(H,21,28)(H,22,27)(H,23,29)(H,30,31). The molecule has 12 N–H and O–H groups in total. The first-order chi connectivity index (χ1) is 14.6. The van der Waals surface area contributed by atoms with E-state index in [-0.39, 0.29) is 12.8 Å². The van der Waals surface area contributed by atoms with Gasteiger partial charge in [-0.3, -0.25) is 19.2 Å². The van der Waals surface area contributed by atoms with Crippen LogP contribution >= 0.6 is 0 Å². The quantitative estimate of drug-likeness (QED) is 0.102. The molecule has 0 saturated heterocycles. The van der Waals surface area contributed by atoms with Crippen molar-refractivity contribution in [3.05, 3.63) is 0 Å². The van der Waals surface area contributed by atoms with Gasteiger partial charge in [-0.25, -0.2) is 4.79 Å². The Morgan fingerprint density at radius 3 is 1.68 bits per heavy atom. The number of carboxylic acids is 1. The van der Waals surface area contributed by atoms with E-state index in [1.807, 2.05) is 0 Å². The Bertz CT molecular complexity index is 632. The van der Waals surface area contributed by atoms with Gasteiger partial charge >= 0.3 is 5.97 Å². The van der Waals surface area contributed by atoms with Crippen molar-refractivity contribution in [3.63, 3.8) is 0 Å². The van der Waals surface area contributed by atoms with Gasteiger partial charge in [0.2, 0.25) is 23.6 Å². The van der Waals surface area contributed by atoms with Crippen molar-refractivity contribution in [3.8, 4) is 0 Å². The van der Waals surface area contributed by atoms with Gasteiger partial charge in [0.1, 0.15) is 18.1 Å². The van der Waals surface area contributed by atoms with Crippen LogP contribution in [-0.4, -0.2) is 88.8 Å². The molecule has 31 heavy (non-hydrogen) atoms. The Hall–Kier alpha value is -2.81. The second-order valence-electron chi connectivity index (χ2n) is 6.78. The molecular weight excluding hydrogens is 416 g/mol. The average Bonchev–Trinajstić information content (AvgIpc) is 2.72. The van der Waals surface area contributed by atoms with Crippen molar-refractivity contribution in [1.82, 2.24) is 16.0 Å². The number of primary amides is 1. The summed E-state index contributed by atoms with van der Waals surface area (Å²) in [6.07, 6.45) is 0.965. The Morgan fingerprint density at radius 2 is 1.26 bits per heavy atom. The SMILES string of the molecule is NCCCCC(N)C(=O)NC(CO)C(=O)NC(CO)C(=O)NC(CCC(N)=O)C(=O)O. The van der Waals surface area contributed by atoms with Gasteiger partial charge in [0.25, 0.3) is 0 Å². The number of carbonyl (C=O) groups excluding carboxylic acids is 4. The molecule has 0 aromatic rings. The number of hydrogen-bond donors (Lipinski definition) is 9. The minimum absolute atomic E-state index is 0.292. The predicted molar refractivity (Wildman–Crippen MR) is 107 cm³/mol. The lowest BCUT2D eigenvalue weighted by Crippen LogP contribution is -2.59. The zero-order valence-electron chi connectivity index (χ0n) is 17.1. The van der Waals surface area contributed by atoms with E-state index in [1.165, 1.54) is 0 Å². The van der Waals surface area contributed by atoms with Crippen LogP contribution in [0, 0.1) is 0 Å². The van der Waals surface area contributed by atoms with Crippen LogP contribution in [0.15, 0.2) is 0 Å². The van der Waals surface area contributed by atoms with Gasteiger partial charge < -0.3 is 48.5 Å². The molecule has 0 aliphatic rings. The summed E-state index contributed by atoms with van der Waals surface area (Å²) < 4.78 is 0. The normalized spacial score (nSPS) is 14.6. The molecule has 4 amide bonds. The maximum atomic E-state index is 12.3. The lowest BCUT2D eigenvalue weighted by atomic mass is 10.1. The van der Waals surface area contributed by atoms with Crippen molar-refractivity contribution >= 4 is 29.6 Å². The Kier molecular flexibility index (Phi) is 13.7. The van der Waals surface area contributed by atoms with Crippen LogP contribution in [0.5, 0.6) is 0 Å². The van der Waals surface area contributed by atoms with Crippen molar-refractivity contribution in [2.45, 2.75) is 56.3 Å². The molecule has 0 bridgehead atoms. The fraction of sp³-hybridized carbons (Fsp3) is 0.706. The molecular formula is C17H32N6O8. The highest BCUT2D eigenvalue weighted by molar-refractivity contribution is 5.94. The monoisotopic (exact) mass is 448 g/mol. The minimum atomic E-state index is -1.58. The molecule has 0 aromatic carbocycles. The fourth-order valence-corrected chi connectivity index (χ4v) is 2.40. The third-order valence-electron chi connectivity index (χ3n) is 4.23. The van der Waals surface area contributed by atoms with Gasteiger partial charge in [-0.05, 0) is 25.8 Å². The summed E-state index contributed by atoms with van der Waals surface area (Å²) in [6, 6.07) is -5.45. The van der Waals surface area contributed by atoms with Crippen molar-refractivity contribution < 1.29 is 39.3 Å². The summed E-state index contributed by atoms with van der Waals surface area (Å²) in [5, 5.41) is 34.3. The molecule has 4 atom stereocenters. The molecule has 0 aliphatic carbocycles. The number of hydrogen-bond acceptors (Lipinski definition) is 9. The first kappa shape index (κ1) is 28.2. The molecule has 178 valence electrons. The molecule has 14 nitrogen and oxygen atoms in total.